The number of pyridine rings is 1. The maximum absolute atomic E-state index is 11.9. The Balaban J connectivity index is 1.92. The van der Waals surface area contributed by atoms with Gasteiger partial charge in [0.1, 0.15) is 5.15 Å². The maximum atomic E-state index is 11.9. The number of amides is 1. The van der Waals surface area contributed by atoms with E-state index in [2.05, 4.69) is 10.3 Å². The summed E-state index contributed by atoms with van der Waals surface area (Å²) >= 11 is 5.72. The zero-order valence-electron chi connectivity index (χ0n) is 9.69. The van der Waals surface area contributed by atoms with E-state index in [4.69, 9.17) is 26.8 Å². The molecule has 98 valence electrons. The Morgan fingerprint density at radius 1 is 1.61 bits per heavy atom. The lowest BCUT2D eigenvalue weighted by Gasteiger charge is -2.23. The zero-order valence-corrected chi connectivity index (χ0v) is 10.4. The summed E-state index contributed by atoms with van der Waals surface area (Å²) in [6, 6.07) is 1.43. The molecule has 1 atom stereocenters. The summed E-state index contributed by atoms with van der Waals surface area (Å²) in [5.41, 5.74) is 6.26. The highest BCUT2D eigenvalue weighted by Gasteiger charge is 2.17. The van der Waals surface area contributed by atoms with Crippen LogP contribution in [0.15, 0.2) is 12.3 Å². The molecule has 1 aliphatic heterocycles. The number of nitrogen functional groups attached to an aromatic ring is 1. The van der Waals surface area contributed by atoms with Gasteiger partial charge in [-0.25, -0.2) is 4.98 Å². The first kappa shape index (κ1) is 13.1. The van der Waals surface area contributed by atoms with Crippen LogP contribution in [0.2, 0.25) is 5.15 Å². The minimum Gasteiger partial charge on any atom is -0.397 e. The molecule has 2 heterocycles. The van der Waals surface area contributed by atoms with Gasteiger partial charge in [-0.05, 0) is 6.07 Å². The molecule has 0 aliphatic carbocycles. The van der Waals surface area contributed by atoms with Crippen LogP contribution < -0.4 is 11.1 Å². The van der Waals surface area contributed by atoms with Crippen molar-refractivity contribution in [2.24, 2.45) is 0 Å². The summed E-state index contributed by atoms with van der Waals surface area (Å²) < 4.78 is 10.6. The van der Waals surface area contributed by atoms with E-state index < -0.39 is 0 Å². The van der Waals surface area contributed by atoms with E-state index in [1.807, 2.05) is 0 Å². The second-order valence-corrected chi connectivity index (χ2v) is 4.26. The van der Waals surface area contributed by atoms with E-state index in [0.717, 1.165) is 0 Å². The quantitative estimate of drug-likeness (QED) is 0.780. The molecule has 0 radical (unpaired) electrons. The van der Waals surface area contributed by atoms with Crippen molar-refractivity contribution in [3.63, 3.8) is 0 Å². The van der Waals surface area contributed by atoms with Crippen LogP contribution in [0, 0.1) is 0 Å². The third-order valence-electron chi connectivity index (χ3n) is 2.52. The Bertz CT molecular complexity index is 436. The molecule has 0 saturated carbocycles. The summed E-state index contributed by atoms with van der Waals surface area (Å²) in [4.78, 5) is 15.7. The van der Waals surface area contributed by atoms with Crippen LogP contribution in [0.5, 0.6) is 0 Å². The first-order chi connectivity index (χ1) is 8.66. The van der Waals surface area contributed by atoms with Crippen molar-refractivity contribution in [3.8, 4) is 0 Å². The van der Waals surface area contributed by atoms with Gasteiger partial charge in [-0.15, -0.1) is 0 Å². The van der Waals surface area contributed by atoms with Gasteiger partial charge in [0.15, 0.2) is 0 Å². The van der Waals surface area contributed by atoms with Crippen LogP contribution in [0.4, 0.5) is 5.69 Å². The number of carbonyl (C=O) groups is 1. The van der Waals surface area contributed by atoms with Crippen molar-refractivity contribution in [1.82, 2.24) is 10.3 Å². The van der Waals surface area contributed by atoms with Gasteiger partial charge in [-0.2, -0.15) is 0 Å². The van der Waals surface area contributed by atoms with E-state index >= 15 is 0 Å². The Kier molecular flexibility index (Phi) is 4.35. The van der Waals surface area contributed by atoms with Crippen molar-refractivity contribution in [2.45, 2.75) is 6.10 Å². The number of nitrogens with two attached hydrogens (primary N) is 1. The predicted octanol–water partition coefficient (Wildman–Crippen LogP) is 0.462. The van der Waals surface area contributed by atoms with E-state index in [0.29, 0.717) is 31.9 Å². The number of carbonyl (C=O) groups excluding carboxylic acids is 1. The fourth-order valence-electron chi connectivity index (χ4n) is 1.59. The van der Waals surface area contributed by atoms with Crippen LogP contribution in [-0.2, 0) is 9.47 Å². The van der Waals surface area contributed by atoms with Gasteiger partial charge < -0.3 is 20.5 Å². The predicted molar refractivity (Wildman–Crippen MR) is 66.6 cm³/mol. The number of hydrogen-bond donors (Lipinski definition) is 2. The maximum Gasteiger partial charge on any atom is 0.253 e. The second-order valence-electron chi connectivity index (χ2n) is 3.87. The number of nitrogens with one attached hydrogen (secondary N) is 1. The Labute approximate surface area is 109 Å². The first-order valence-electron chi connectivity index (χ1n) is 5.55. The lowest BCUT2D eigenvalue weighted by molar-refractivity contribution is -0.0855. The molecule has 0 bridgehead atoms. The highest BCUT2D eigenvalue weighted by Crippen LogP contribution is 2.14. The minimum atomic E-state index is -0.300. The molecule has 1 aliphatic rings. The molecule has 6 nitrogen and oxygen atoms in total. The Morgan fingerprint density at radius 2 is 2.44 bits per heavy atom. The number of hydrogen-bond acceptors (Lipinski definition) is 5. The van der Waals surface area contributed by atoms with Gasteiger partial charge >= 0.3 is 0 Å². The highest BCUT2D eigenvalue weighted by atomic mass is 35.5. The summed E-state index contributed by atoms with van der Waals surface area (Å²) in [7, 11) is 0. The average molecular weight is 272 g/mol. The summed E-state index contributed by atoms with van der Waals surface area (Å²) in [6.45, 7) is 1.99. The zero-order chi connectivity index (χ0) is 13.0. The molecule has 1 aromatic heterocycles. The van der Waals surface area contributed by atoms with Crippen LogP contribution in [-0.4, -0.2) is 43.4 Å². The fraction of sp³-hybridized carbons (Fsp3) is 0.455. The molecule has 1 aromatic rings. The van der Waals surface area contributed by atoms with Gasteiger partial charge in [0, 0.05) is 6.54 Å². The van der Waals surface area contributed by atoms with E-state index in [-0.39, 0.29) is 22.9 Å². The first-order valence-corrected chi connectivity index (χ1v) is 5.93. The van der Waals surface area contributed by atoms with Gasteiger partial charge in [0.05, 0.1) is 43.4 Å². The van der Waals surface area contributed by atoms with Gasteiger partial charge in [0.2, 0.25) is 0 Å². The molecule has 2 rings (SSSR count). The number of ether oxygens (including phenoxy) is 2. The van der Waals surface area contributed by atoms with Gasteiger partial charge in [-0.1, -0.05) is 11.6 Å². The molecular weight excluding hydrogens is 258 g/mol. The van der Waals surface area contributed by atoms with Crippen LogP contribution >= 0.6 is 11.6 Å². The van der Waals surface area contributed by atoms with Gasteiger partial charge in [-0.3, -0.25) is 4.79 Å². The smallest absolute Gasteiger partial charge is 0.253 e. The summed E-state index contributed by atoms with van der Waals surface area (Å²) in [6.07, 6.45) is 1.23. The molecule has 1 amide bonds. The number of halogens is 1. The summed E-state index contributed by atoms with van der Waals surface area (Å²) in [5, 5.41) is 2.95. The molecule has 1 unspecified atom stereocenters. The third kappa shape index (κ3) is 3.32. The molecular formula is C11H14ClN3O3. The molecule has 1 fully saturated rings. The average Bonchev–Trinajstić information content (AvgIpc) is 2.40. The van der Waals surface area contributed by atoms with Crippen LogP contribution in [0.3, 0.4) is 0 Å². The van der Waals surface area contributed by atoms with E-state index in [9.17, 15) is 4.79 Å². The number of aromatic nitrogens is 1. The number of nitrogens with zero attached hydrogens (tertiary/aromatic N) is 1. The molecule has 7 heteroatoms. The van der Waals surface area contributed by atoms with E-state index in [1.54, 1.807) is 0 Å². The summed E-state index contributed by atoms with van der Waals surface area (Å²) in [5.74, 6) is -0.300. The number of rotatable bonds is 3. The molecule has 0 aromatic carbocycles. The molecule has 1 saturated heterocycles. The monoisotopic (exact) mass is 271 g/mol. The fourth-order valence-corrected chi connectivity index (χ4v) is 1.75. The SMILES string of the molecule is Nc1cnc(Cl)cc1C(=O)NCC1COCCO1. The third-order valence-corrected chi connectivity index (χ3v) is 2.73. The van der Waals surface area contributed by atoms with Crippen LogP contribution in [0.1, 0.15) is 10.4 Å². The lowest BCUT2D eigenvalue weighted by Crippen LogP contribution is -2.39. The lowest BCUT2D eigenvalue weighted by atomic mass is 10.2. The standard InChI is InChI=1S/C11H14ClN3O3/c12-10-3-8(9(13)5-14-10)11(16)15-4-7-6-17-1-2-18-7/h3,5,7H,1-2,4,6,13H2,(H,15,16). The minimum absolute atomic E-state index is 0.124. The van der Waals surface area contributed by atoms with Crippen molar-refractivity contribution in [3.05, 3.63) is 23.0 Å². The van der Waals surface area contributed by atoms with Crippen molar-refractivity contribution >= 4 is 23.2 Å². The highest BCUT2D eigenvalue weighted by molar-refractivity contribution is 6.29. The number of anilines is 1. The normalized spacial score (nSPS) is 19.5. The van der Waals surface area contributed by atoms with E-state index in [1.165, 1.54) is 12.3 Å². The second kappa shape index (κ2) is 5.99. The Hall–Kier alpha value is -1.37. The van der Waals surface area contributed by atoms with Crippen molar-refractivity contribution in [1.29, 1.82) is 0 Å². The topological polar surface area (TPSA) is 86.5 Å². The van der Waals surface area contributed by atoms with Crippen molar-refractivity contribution in [2.75, 3.05) is 32.1 Å². The molecule has 18 heavy (non-hydrogen) atoms. The van der Waals surface area contributed by atoms with Crippen LogP contribution in [0.25, 0.3) is 0 Å². The molecule has 0 spiro atoms. The van der Waals surface area contributed by atoms with Gasteiger partial charge in [0.25, 0.3) is 5.91 Å². The Morgan fingerprint density at radius 3 is 3.17 bits per heavy atom. The van der Waals surface area contributed by atoms with Crippen molar-refractivity contribution < 1.29 is 14.3 Å². The molecule has 3 N–H and O–H groups in total. The largest absolute Gasteiger partial charge is 0.397 e.